The Labute approximate surface area is 120 Å². The number of rotatable bonds is 10. The molecule has 4 heteroatoms. The van der Waals surface area contributed by atoms with Crippen LogP contribution in [0.15, 0.2) is 24.3 Å². The molecule has 0 bridgehead atoms. The van der Waals surface area contributed by atoms with Crippen LogP contribution in [-0.2, 0) is 9.53 Å². The van der Waals surface area contributed by atoms with E-state index in [1.54, 1.807) is 0 Å². The Hall–Kier alpha value is -0.920. The predicted molar refractivity (Wildman–Crippen MR) is 88.1 cm³/mol. The van der Waals surface area contributed by atoms with Crippen molar-refractivity contribution in [1.82, 2.24) is 0 Å². The van der Waals surface area contributed by atoms with Gasteiger partial charge in [-0.2, -0.15) is 0 Å². The van der Waals surface area contributed by atoms with E-state index in [1.807, 2.05) is 6.92 Å². The predicted octanol–water partition coefficient (Wildman–Crippen LogP) is 2.40. The van der Waals surface area contributed by atoms with Gasteiger partial charge in [0.25, 0.3) is 0 Å². The molecule has 0 aliphatic rings. The molecule has 0 N–H and O–H groups in total. The van der Waals surface area contributed by atoms with E-state index in [-0.39, 0.29) is 11.2 Å². The minimum atomic E-state index is -0.0905. The van der Waals surface area contributed by atoms with E-state index in [9.17, 15) is 4.79 Å². The van der Waals surface area contributed by atoms with Crippen molar-refractivity contribution in [3.8, 4) is 0 Å². The molecule has 0 unspecified atom stereocenters. The quantitative estimate of drug-likeness (QED) is 0.261. The first-order valence-corrected chi connectivity index (χ1v) is 7.37. The lowest BCUT2D eigenvalue weighted by molar-refractivity contribution is -0.140. The molecular formula is C15H28B2O2. The molecule has 0 aliphatic heterocycles. The molecule has 0 amide bonds. The standard InChI is InChI=1S/C15H28B2O2/c1-3-4-5-9-12-15(16,17)13-10-7-6-8-11-14(18)19-2/h3-4,9,12H,5-8,10-11,13,16-17H2,1-2H3/b4-3-,12-9-. The van der Waals surface area contributed by atoms with Gasteiger partial charge in [-0.05, 0) is 19.8 Å². The van der Waals surface area contributed by atoms with Crippen LogP contribution in [0.3, 0.4) is 0 Å². The van der Waals surface area contributed by atoms with Gasteiger partial charge in [-0.3, -0.25) is 4.79 Å². The molecule has 0 heterocycles. The SMILES string of the molecule is BC(B)(/C=C\C/C=C\C)CCCCCCC(=O)OC. The van der Waals surface area contributed by atoms with Crippen LogP contribution in [0.5, 0.6) is 0 Å². The average molecular weight is 262 g/mol. The van der Waals surface area contributed by atoms with Gasteiger partial charge < -0.3 is 4.74 Å². The van der Waals surface area contributed by atoms with Gasteiger partial charge in [0.2, 0.25) is 0 Å². The van der Waals surface area contributed by atoms with Crippen LogP contribution in [0.2, 0.25) is 5.21 Å². The van der Waals surface area contributed by atoms with Crippen LogP contribution >= 0.6 is 0 Å². The van der Waals surface area contributed by atoms with Crippen molar-refractivity contribution in [2.45, 2.75) is 57.1 Å². The highest BCUT2D eigenvalue weighted by atomic mass is 16.5. The lowest BCUT2D eigenvalue weighted by atomic mass is 9.52. The third-order valence-corrected chi connectivity index (χ3v) is 3.26. The number of esters is 1. The van der Waals surface area contributed by atoms with Crippen LogP contribution in [0.1, 0.15) is 51.9 Å². The molecule has 2 nitrogen and oxygen atoms in total. The molecule has 19 heavy (non-hydrogen) atoms. The number of ether oxygens (including phenoxy) is 1. The third kappa shape index (κ3) is 11.9. The second-order valence-electron chi connectivity index (χ2n) is 5.69. The van der Waals surface area contributed by atoms with Gasteiger partial charge in [0.1, 0.15) is 15.7 Å². The first kappa shape index (κ1) is 18.1. The number of hydrogen-bond donors (Lipinski definition) is 0. The number of hydrogen-bond acceptors (Lipinski definition) is 2. The summed E-state index contributed by atoms with van der Waals surface area (Å²) in [5.41, 5.74) is 0. The lowest BCUT2D eigenvalue weighted by Crippen LogP contribution is -2.09. The van der Waals surface area contributed by atoms with E-state index in [0.29, 0.717) is 6.42 Å². The van der Waals surface area contributed by atoms with Gasteiger partial charge in [-0.1, -0.05) is 55.2 Å². The van der Waals surface area contributed by atoms with Crippen LogP contribution in [0, 0.1) is 0 Å². The van der Waals surface area contributed by atoms with Crippen LogP contribution < -0.4 is 0 Å². The van der Waals surface area contributed by atoms with E-state index >= 15 is 0 Å². The van der Waals surface area contributed by atoms with E-state index in [4.69, 9.17) is 0 Å². The van der Waals surface area contributed by atoms with Gasteiger partial charge >= 0.3 is 5.97 Å². The molecule has 0 radical (unpaired) electrons. The van der Waals surface area contributed by atoms with Gasteiger partial charge in [-0.15, -0.1) is 0 Å². The van der Waals surface area contributed by atoms with Gasteiger partial charge in [0.15, 0.2) is 0 Å². The third-order valence-electron chi connectivity index (χ3n) is 3.26. The zero-order valence-corrected chi connectivity index (χ0v) is 13.1. The van der Waals surface area contributed by atoms with Crippen LogP contribution in [-0.4, -0.2) is 28.8 Å². The Bertz CT molecular complexity index is 297. The zero-order valence-electron chi connectivity index (χ0n) is 13.1. The monoisotopic (exact) mass is 262 g/mol. The summed E-state index contributed by atoms with van der Waals surface area (Å²) in [7, 11) is 6.02. The second-order valence-corrected chi connectivity index (χ2v) is 5.69. The maximum atomic E-state index is 10.9. The Morgan fingerprint density at radius 3 is 2.47 bits per heavy atom. The topological polar surface area (TPSA) is 26.3 Å². The average Bonchev–Trinajstić information content (AvgIpc) is 2.38. The van der Waals surface area contributed by atoms with Gasteiger partial charge in [-0.25, -0.2) is 0 Å². The fraction of sp³-hybridized carbons (Fsp3) is 0.667. The Morgan fingerprint density at radius 1 is 1.16 bits per heavy atom. The highest BCUT2D eigenvalue weighted by Gasteiger charge is 2.12. The number of methoxy groups -OCH3 is 1. The first-order valence-electron chi connectivity index (χ1n) is 7.37. The van der Waals surface area contributed by atoms with Crippen molar-refractivity contribution in [3.63, 3.8) is 0 Å². The summed E-state index contributed by atoms with van der Waals surface area (Å²) in [5, 5.41) is 0.282. The fourth-order valence-corrected chi connectivity index (χ4v) is 1.99. The van der Waals surface area contributed by atoms with Crippen molar-refractivity contribution in [2.24, 2.45) is 0 Å². The molecule has 106 valence electrons. The smallest absolute Gasteiger partial charge is 0.305 e. The van der Waals surface area contributed by atoms with E-state index in [1.165, 1.54) is 26.4 Å². The Morgan fingerprint density at radius 2 is 1.84 bits per heavy atom. The summed E-state index contributed by atoms with van der Waals surface area (Å²) in [6, 6.07) is 0. The van der Waals surface area contributed by atoms with Crippen molar-refractivity contribution < 1.29 is 9.53 Å². The van der Waals surface area contributed by atoms with Gasteiger partial charge in [0, 0.05) is 6.42 Å². The number of allylic oxidation sites excluding steroid dienone is 4. The van der Waals surface area contributed by atoms with Crippen molar-refractivity contribution in [1.29, 1.82) is 0 Å². The molecule has 0 saturated carbocycles. The fourth-order valence-electron chi connectivity index (χ4n) is 1.99. The molecule has 0 aromatic carbocycles. The largest absolute Gasteiger partial charge is 0.469 e. The van der Waals surface area contributed by atoms with Crippen molar-refractivity contribution in [3.05, 3.63) is 24.3 Å². The zero-order chi connectivity index (χ0) is 14.6. The van der Waals surface area contributed by atoms with Crippen molar-refractivity contribution in [2.75, 3.05) is 7.11 Å². The summed E-state index contributed by atoms with van der Waals surface area (Å²) in [4.78, 5) is 10.9. The summed E-state index contributed by atoms with van der Waals surface area (Å²) >= 11 is 0. The number of unbranched alkanes of at least 4 members (excludes halogenated alkanes) is 3. The van der Waals surface area contributed by atoms with E-state index in [0.717, 1.165) is 19.3 Å². The number of carbonyl (C=O) groups excluding carboxylic acids is 1. The normalized spacial score (nSPS) is 12.3. The summed E-state index contributed by atoms with van der Waals surface area (Å²) in [6.07, 6.45) is 16.1. The van der Waals surface area contributed by atoms with Crippen molar-refractivity contribution >= 4 is 21.7 Å². The molecule has 0 atom stereocenters. The van der Waals surface area contributed by atoms with Crippen LogP contribution in [0.25, 0.3) is 0 Å². The van der Waals surface area contributed by atoms with Gasteiger partial charge in [0.05, 0.1) is 7.11 Å². The molecule has 0 rings (SSSR count). The molecule has 0 aromatic heterocycles. The van der Waals surface area contributed by atoms with E-state index in [2.05, 4.69) is 44.7 Å². The lowest BCUT2D eigenvalue weighted by Gasteiger charge is -2.19. The van der Waals surface area contributed by atoms with E-state index < -0.39 is 0 Å². The molecule has 0 spiro atoms. The molecule has 0 saturated heterocycles. The highest BCUT2D eigenvalue weighted by molar-refractivity contribution is 6.41. The molecule has 0 aromatic rings. The minimum absolute atomic E-state index is 0.0905. The maximum absolute atomic E-state index is 10.9. The summed E-state index contributed by atoms with van der Waals surface area (Å²) in [6.45, 7) is 2.05. The molecular weight excluding hydrogens is 234 g/mol. The Kier molecular flexibility index (Phi) is 10.4. The minimum Gasteiger partial charge on any atom is -0.469 e. The molecule has 0 fully saturated rings. The highest BCUT2D eigenvalue weighted by Crippen LogP contribution is 2.26. The summed E-state index contributed by atoms with van der Waals surface area (Å²) < 4.78 is 4.62. The first-order chi connectivity index (χ1) is 9.02. The number of carbonyl (C=O) groups is 1. The second kappa shape index (κ2) is 11.0. The van der Waals surface area contributed by atoms with Crippen LogP contribution in [0.4, 0.5) is 0 Å². The maximum Gasteiger partial charge on any atom is 0.305 e. The molecule has 0 aliphatic carbocycles. The summed E-state index contributed by atoms with van der Waals surface area (Å²) in [5.74, 6) is -0.0905. The Balaban J connectivity index is 3.63.